The van der Waals surface area contributed by atoms with Crippen LogP contribution >= 0.6 is 15.9 Å². The topological polar surface area (TPSA) is 70.7 Å². The normalized spacial score (nSPS) is 10.8. The van der Waals surface area contributed by atoms with Gasteiger partial charge in [-0.1, -0.05) is 28.1 Å². The van der Waals surface area contributed by atoms with Crippen molar-refractivity contribution in [3.63, 3.8) is 0 Å². The predicted molar refractivity (Wildman–Crippen MR) is 103 cm³/mol. The maximum atomic E-state index is 13.0. The summed E-state index contributed by atoms with van der Waals surface area (Å²) in [6.45, 7) is 0. The van der Waals surface area contributed by atoms with Crippen LogP contribution in [0.3, 0.4) is 0 Å². The van der Waals surface area contributed by atoms with Gasteiger partial charge in [-0.15, -0.1) is 0 Å². The lowest BCUT2D eigenvalue weighted by molar-refractivity contribution is 0.628. The molecule has 0 aliphatic rings. The largest absolute Gasteiger partial charge is 0.326 e. The van der Waals surface area contributed by atoms with Gasteiger partial charge in [0.25, 0.3) is 5.56 Å². The number of H-pyrrole nitrogens is 1. The first kappa shape index (κ1) is 16.4. The minimum Gasteiger partial charge on any atom is -0.326 e. The number of hydrogen-bond acceptors (Lipinski definition) is 4. The summed E-state index contributed by atoms with van der Waals surface area (Å²) in [6, 6.07) is 15.2. The highest BCUT2D eigenvalue weighted by Crippen LogP contribution is 2.26. The number of nitrogens with one attached hydrogen (secondary N) is 2. The van der Waals surface area contributed by atoms with E-state index in [2.05, 4.69) is 36.2 Å². The van der Waals surface area contributed by atoms with Crippen LogP contribution in [0.2, 0.25) is 0 Å². The Hall–Kier alpha value is -3.06. The third-order valence-corrected chi connectivity index (χ3v) is 4.40. The van der Waals surface area contributed by atoms with Crippen molar-refractivity contribution < 1.29 is 4.39 Å². The van der Waals surface area contributed by atoms with Crippen LogP contribution in [0.25, 0.3) is 22.2 Å². The number of aromatic nitrogens is 3. The summed E-state index contributed by atoms with van der Waals surface area (Å²) in [4.78, 5) is 24.0. The zero-order chi connectivity index (χ0) is 18.1. The Bertz CT molecular complexity index is 1140. The lowest BCUT2D eigenvalue weighted by Crippen LogP contribution is -2.13. The fraction of sp³-hybridized carbons (Fsp3) is 0. The Morgan fingerprint density at radius 2 is 1.73 bits per heavy atom. The minimum atomic E-state index is -0.337. The van der Waals surface area contributed by atoms with E-state index in [-0.39, 0.29) is 17.3 Å². The van der Waals surface area contributed by atoms with E-state index in [1.54, 1.807) is 24.4 Å². The van der Waals surface area contributed by atoms with Gasteiger partial charge in [-0.25, -0.2) is 9.37 Å². The van der Waals surface area contributed by atoms with Crippen LogP contribution in [-0.4, -0.2) is 15.0 Å². The summed E-state index contributed by atoms with van der Waals surface area (Å²) in [5.41, 5.74) is 2.29. The first-order chi connectivity index (χ1) is 12.6. The van der Waals surface area contributed by atoms with Gasteiger partial charge in [0, 0.05) is 16.4 Å². The highest BCUT2D eigenvalue weighted by molar-refractivity contribution is 9.10. The molecule has 0 aliphatic heterocycles. The van der Waals surface area contributed by atoms with Crippen LogP contribution in [0.1, 0.15) is 0 Å². The van der Waals surface area contributed by atoms with Crippen LogP contribution < -0.4 is 10.9 Å². The van der Waals surface area contributed by atoms with E-state index in [0.717, 1.165) is 15.6 Å². The van der Waals surface area contributed by atoms with Crippen molar-refractivity contribution in [2.24, 2.45) is 0 Å². The number of pyridine rings is 1. The summed E-state index contributed by atoms with van der Waals surface area (Å²) in [5, 5.41) is 3.37. The van der Waals surface area contributed by atoms with Gasteiger partial charge in [-0.3, -0.25) is 9.78 Å². The number of hydrogen-bond donors (Lipinski definition) is 2. The number of nitrogens with zero attached hydrogens (tertiary/aromatic N) is 2. The molecule has 2 N–H and O–H groups in total. The molecule has 2 heterocycles. The van der Waals surface area contributed by atoms with E-state index in [0.29, 0.717) is 16.7 Å². The molecule has 4 rings (SSSR count). The van der Waals surface area contributed by atoms with Gasteiger partial charge in [0.05, 0.1) is 5.39 Å². The molecule has 0 atom stereocenters. The second kappa shape index (κ2) is 6.68. The molecule has 5 nitrogen and oxygen atoms in total. The van der Waals surface area contributed by atoms with Gasteiger partial charge in [0.15, 0.2) is 5.65 Å². The van der Waals surface area contributed by atoms with E-state index in [1.165, 1.54) is 12.1 Å². The summed E-state index contributed by atoms with van der Waals surface area (Å²) < 4.78 is 14.0. The average molecular weight is 411 g/mol. The van der Waals surface area contributed by atoms with E-state index < -0.39 is 0 Å². The van der Waals surface area contributed by atoms with Crippen molar-refractivity contribution in [2.45, 2.75) is 0 Å². The number of aromatic amines is 1. The van der Waals surface area contributed by atoms with Crippen LogP contribution in [0, 0.1) is 5.82 Å². The fourth-order valence-corrected chi connectivity index (χ4v) is 2.93. The van der Waals surface area contributed by atoms with Crippen molar-refractivity contribution in [3.8, 4) is 11.1 Å². The van der Waals surface area contributed by atoms with Gasteiger partial charge in [0.2, 0.25) is 5.95 Å². The molecule has 0 unspecified atom stereocenters. The highest BCUT2D eigenvalue weighted by Gasteiger charge is 2.11. The van der Waals surface area contributed by atoms with E-state index in [9.17, 15) is 9.18 Å². The molecule has 0 bridgehead atoms. The van der Waals surface area contributed by atoms with E-state index in [1.807, 2.05) is 24.3 Å². The molecular formula is C19H12BrFN4O. The molecule has 0 saturated heterocycles. The second-order valence-corrected chi connectivity index (χ2v) is 6.53. The SMILES string of the molecule is O=c1[nH]c(Nc2ccc(F)cc2)nc2nccc(-c3ccc(Br)cc3)c12. The number of halogens is 2. The zero-order valence-corrected chi connectivity index (χ0v) is 14.9. The Labute approximate surface area is 156 Å². The molecule has 128 valence electrons. The van der Waals surface area contributed by atoms with Gasteiger partial charge in [0.1, 0.15) is 5.82 Å². The fourth-order valence-electron chi connectivity index (χ4n) is 2.66. The molecule has 0 aliphatic carbocycles. The number of anilines is 2. The predicted octanol–water partition coefficient (Wildman–Crippen LogP) is 4.63. The van der Waals surface area contributed by atoms with Gasteiger partial charge >= 0.3 is 0 Å². The molecule has 4 aromatic rings. The molecule has 7 heteroatoms. The maximum absolute atomic E-state index is 13.0. The van der Waals surface area contributed by atoms with Crippen molar-refractivity contribution in [1.29, 1.82) is 0 Å². The monoisotopic (exact) mass is 410 g/mol. The summed E-state index contributed by atoms with van der Waals surface area (Å²) in [7, 11) is 0. The summed E-state index contributed by atoms with van der Waals surface area (Å²) in [6.07, 6.45) is 1.62. The number of benzene rings is 2. The second-order valence-electron chi connectivity index (χ2n) is 5.61. The maximum Gasteiger partial charge on any atom is 0.262 e. The van der Waals surface area contributed by atoms with E-state index >= 15 is 0 Å². The number of rotatable bonds is 3. The summed E-state index contributed by atoms with van der Waals surface area (Å²) >= 11 is 3.40. The molecule has 2 aromatic carbocycles. The van der Waals surface area contributed by atoms with Crippen molar-refractivity contribution in [3.05, 3.63) is 81.4 Å². The van der Waals surface area contributed by atoms with Gasteiger partial charge in [-0.05, 0) is 53.6 Å². The molecule has 0 amide bonds. The van der Waals surface area contributed by atoms with Gasteiger partial charge in [-0.2, -0.15) is 4.98 Å². The number of fused-ring (bicyclic) bond motifs is 1. The Balaban J connectivity index is 1.80. The van der Waals surface area contributed by atoms with E-state index in [4.69, 9.17) is 0 Å². The lowest BCUT2D eigenvalue weighted by atomic mass is 10.0. The standard InChI is InChI=1S/C19H12BrFN4O/c20-12-3-1-11(2-4-12)15-9-10-22-17-16(15)18(26)25-19(24-17)23-14-7-5-13(21)6-8-14/h1-10H,(H2,22,23,24,25,26). The third-order valence-electron chi connectivity index (χ3n) is 3.87. The van der Waals surface area contributed by atoms with Crippen molar-refractivity contribution in [1.82, 2.24) is 15.0 Å². The van der Waals surface area contributed by atoms with Crippen LogP contribution in [0.5, 0.6) is 0 Å². The summed E-state index contributed by atoms with van der Waals surface area (Å²) in [5.74, 6) is -0.0918. The van der Waals surface area contributed by atoms with Crippen molar-refractivity contribution in [2.75, 3.05) is 5.32 Å². The molecule has 26 heavy (non-hydrogen) atoms. The minimum absolute atomic E-state index is 0.245. The molecule has 0 spiro atoms. The molecule has 2 aromatic heterocycles. The third kappa shape index (κ3) is 3.21. The van der Waals surface area contributed by atoms with Gasteiger partial charge < -0.3 is 5.32 Å². The molecule has 0 fully saturated rings. The highest BCUT2D eigenvalue weighted by atomic mass is 79.9. The first-order valence-corrected chi connectivity index (χ1v) is 8.57. The smallest absolute Gasteiger partial charge is 0.262 e. The molecule has 0 radical (unpaired) electrons. The molecular weight excluding hydrogens is 399 g/mol. The quantitative estimate of drug-likeness (QED) is 0.516. The zero-order valence-electron chi connectivity index (χ0n) is 13.3. The first-order valence-electron chi connectivity index (χ1n) is 7.78. The van der Waals surface area contributed by atoms with Crippen molar-refractivity contribution >= 4 is 38.6 Å². The van der Waals surface area contributed by atoms with Crippen LogP contribution in [0.15, 0.2) is 70.1 Å². The Kier molecular flexibility index (Phi) is 4.22. The van der Waals surface area contributed by atoms with Crippen LogP contribution in [-0.2, 0) is 0 Å². The molecule has 0 saturated carbocycles. The Morgan fingerprint density at radius 3 is 2.46 bits per heavy atom. The lowest BCUT2D eigenvalue weighted by Gasteiger charge is -2.09. The Morgan fingerprint density at radius 1 is 1.00 bits per heavy atom. The van der Waals surface area contributed by atoms with Crippen LogP contribution in [0.4, 0.5) is 16.0 Å². The average Bonchev–Trinajstić information content (AvgIpc) is 2.64.